The summed E-state index contributed by atoms with van der Waals surface area (Å²) in [6, 6.07) is 1.83. The number of rotatable bonds is 5. The van der Waals surface area contributed by atoms with Gasteiger partial charge in [0.15, 0.2) is 0 Å². The summed E-state index contributed by atoms with van der Waals surface area (Å²) in [6.45, 7) is 17.6. The van der Waals surface area contributed by atoms with Crippen LogP contribution in [-0.2, 0) is 17.7 Å². The van der Waals surface area contributed by atoms with E-state index in [0.29, 0.717) is 13.0 Å². The molecule has 1 aromatic heterocycles. The maximum atomic E-state index is 12.5. The number of nitrogens with zero attached hydrogens (tertiary/aromatic N) is 2. The van der Waals surface area contributed by atoms with Crippen LogP contribution in [-0.4, -0.2) is 45.5 Å². The molecule has 9 nitrogen and oxygen atoms in total. The Labute approximate surface area is 197 Å². The fourth-order valence-electron chi connectivity index (χ4n) is 5.09. The van der Waals surface area contributed by atoms with E-state index in [2.05, 4.69) is 60.4 Å². The molecule has 0 bridgehead atoms. The molecule has 3 rings (SSSR count). The smallest absolute Gasteiger partial charge is 0.335 e. The average molecular weight is 496 g/mol. The van der Waals surface area contributed by atoms with E-state index in [9.17, 15) is 14.9 Å². The van der Waals surface area contributed by atoms with Crippen LogP contribution in [0.3, 0.4) is 0 Å². The Bertz CT molecular complexity index is 997. The second-order valence-corrected chi connectivity index (χ2v) is 19.2. The number of fused-ring (bicyclic) bond motifs is 1. The first kappa shape index (κ1) is 26.1. The predicted octanol–water partition coefficient (Wildman–Crippen LogP) is 3.65. The fourth-order valence-corrected chi connectivity index (χ4v) is 16.3. The molecular formula is C22H37N3O6Si2. The summed E-state index contributed by atoms with van der Waals surface area (Å²) in [4.78, 5) is 26.5. The summed E-state index contributed by atoms with van der Waals surface area (Å²) in [5, 5.41) is 9.23. The van der Waals surface area contributed by atoms with Crippen LogP contribution in [0.4, 0.5) is 0 Å². The molecule has 0 unspecified atom stereocenters. The Balaban J connectivity index is 2.05. The molecular weight excluding hydrogens is 458 g/mol. The predicted molar refractivity (Wildman–Crippen MR) is 128 cm³/mol. The van der Waals surface area contributed by atoms with Crippen molar-refractivity contribution in [1.29, 1.82) is 5.26 Å². The molecule has 33 heavy (non-hydrogen) atoms. The second kappa shape index (κ2) is 9.60. The first-order valence-electron chi connectivity index (χ1n) is 11.8. The number of hydrogen-bond donors (Lipinski definition) is 1. The zero-order chi connectivity index (χ0) is 24.7. The van der Waals surface area contributed by atoms with E-state index in [4.69, 9.17) is 17.7 Å². The zero-order valence-corrected chi connectivity index (χ0v) is 22.9. The summed E-state index contributed by atoms with van der Waals surface area (Å²) < 4.78 is 28.4. The lowest BCUT2D eigenvalue weighted by molar-refractivity contribution is -0.0566. The molecule has 3 atom stereocenters. The van der Waals surface area contributed by atoms with Crippen molar-refractivity contribution in [3.8, 4) is 6.07 Å². The highest BCUT2D eigenvalue weighted by Crippen LogP contribution is 2.48. The van der Waals surface area contributed by atoms with Crippen molar-refractivity contribution in [1.82, 2.24) is 9.55 Å². The van der Waals surface area contributed by atoms with Crippen LogP contribution in [0.15, 0.2) is 15.8 Å². The third-order valence-corrected chi connectivity index (χ3v) is 17.2. The van der Waals surface area contributed by atoms with E-state index >= 15 is 0 Å². The minimum absolute atomic E-state index is 0.137. The molecule has 184 valence electrons. The molecule has 11 heteroatoms. The summed E-state index contributed by atoms with van der Waals surface area (Å²) in [6.07, 6.45) is 0.303. The molecule has 3 heterocycles. The lowest BCUT2D eigenvalue weighted by atomic mass is 10.2. The van der Waals surface area contributed by atoms with Crippen LogP contribution in [0.25, 0.3) is 0 Å². The first-order valence-corrected chi connectivity index (χ1v) is 15.7. The van der Waals surface area contributed by atoms with Crippen LogP contribution < -0.4 is 11.2 Å². The number of nitriles is 1. The Kier molecular flexibility index (Phi) is 7.58. The molecule has 0 amide bonds. The minimum Gasteiger partial charge on any atom is -0.414 e. The molecule has 1 N–H and O–H groups in total. The van der Waals surface area contributed by atoms with Gasteiger partial charge in [-0.2, -0.15) is 5.26 Å². The molecule has 2 aliphatic rings. The largest absolute Gasteiger partial charge is 0.414 e. The quantitative estimate of drug-likeness (QED) is 0.620. The van der Waals surface area contributed by atoms with Crippen LogP contribution >= 0.6 is 0 Å². The average Bonchev–Trinajstić information content (AvgIpc) is 3.09. The Morgan fingerprint density at radius 2 is 1.58 bits per heavy atom. The molecule has 0 aliphatic carbocycles. The number of nitrogens with one attached hydrogen (secondary N) is 1. The van der Waals surface area contributed by atoms with E-state index in [1.807, 2.05) is 6.07 Å². The molecule has 2 fully saturated rings. The second-order valence-electron chi connectivity index (χ2n) is 10.3. The van der Waals surface area contributed by atoms with Gasteiger partial charge in [0.25, 0.3) is 5.56 Å². The molecule has 1 aromatic rings. The van der Waals surface area contributed by atoms with Gasteiger partial charge < -0.3 is 17.7 Å². The van der Waals surface area contributed by atoms with Gasteiger partial charge in [0.1, 0.15) is 24.0 Å². The van der Waals surface area contributed by atoms with Crippen molar-refractivity contribution < 1.29 is 17.7 Å². The van der Waals surface area contributed by atoms with Crippen molar-refractivity contribution >= 4 is 17.1 Å². The lowest BCUT2D eigenvalue weighted by Crippen LogP contribution is -2.65. The van der Waals surface area contributed by atoms with Crippen molar-refractivity contribution in [2.75, 3.05) is 6.61 Å². The lowest BCUT2D eigenvalue weighted by Gasteiger charge is -2.51. The third kappa shape index (κ3) is 4.57. The van der Waals surface area contributed by atoms with E-state index in [1.165, 1.54) is 10.8 Å². The van der Waals surface area contributed by atoms with Gasteiger partial charge in [-0.3, -0.25) is 14.3 Å². The number of aromatic nitrogens is 2. The Hall–Kier alpha value is -1.56. The van der Waals surface area contributed by atoms with Crippen molar-refractivity contribution in [3.05, 3.63) is 32.6 Å². The number of hydrogen-bond acceptors (Lipinski definition) is 7. The van der Waals surface area contributed by atoms with Gasteiger partial charge in [-0.1, -0.05) is 55.4 Å². The van der Waals surface area contributed by atoms with Gasteiger partial charge in [0, 0.05) is 12.6 Å². The SMILES string of the molecule is CC(C)[Si]1(C(C)C)OC[C@H]2O[C@@H](n3cc(C#N)c(=O)[nH]c3=O)C[C@@H]2O[Si](C(C)C)(C(C)C)O1. The number of ether oxygens (including phenoxy) is 1. The van der Waals surface area contributed by atoms with E-state index in [0.717, 1.165) is 0 Å². The molecule has 0 aromatic carbocycles. The van der Waals surface area contributed by atoms with Gasteiger partial charge in [0.05, 0.1) is 12.7 Å². The topological polar surface area (TPSA) is 116 Å². The van der Waals surface area contributed by atoms with Gasteiger partial charge >= 0.3 is 22.8 Å². The van der Waals surface area contributed by atoms with E-state index in [1.54, 1.807) is 0 Å². The fraction of sp³-hybridized carbons (Fsp3) is 0.773. The van der Waals surface area contributed by atoms with E-state index < -0.39 is 34.6 Å². The van der Waals surface area contributed by atoms with Gasteiger partial charge in [0.2, 0.25) is 0 Å². The zero-order valence-electron chi connectivity index (χ0n) is 20.9. The maximum Gasteiger partial charge on any atom is 0.335 e. The normalized spacial score (nSPS) is 26.9. The van der Waals surface area contributed by atoms with Crippen LogP contribution in [0.5, 0.6) is 0 Å². The van der Waals surface area contributed by atoms with E-state index in [-0.39, 0.29) is 39.9 Å². The van der Waals surface area contributed by atoms with Crippen molar-refractivity contribution in [3.63, 3.8) is 0 Å². The van der Waals surface area contributed by atoms with Crippen LogP contribution in [0, 0.1) is 11.3 Å². The molecule has 2 aliphatic heterocycles. The maximum absolute atomic E-state index is 12.5. The summed E-state index contributed by atoms with van der Waals surface area (Å²) >= 11 is 0. The van der Waals surface area contributed by atoms with Gasteiger partial charge in [-0.25, -0.2) is 4.79 Å². The number of aromatic amines is 1. The standard InChI is InChI=1S/C22H37N3O6Si2/c1-13(2)32(14(3)4)28-12-19-18(30-33(31-32,15(5)6)16(7)8)9-20(29-19)25-11-17(10-23)21(26)24-22(25)27/h11,13-16,18-20H,9,12H2,1-8H3,(H,24,26,27)/t18-,19+,20+/m0/s1. The first-order chi connectivity index (χ1) is 15.4. The van der Waals surface area contributed by atoms with Crippen molar-refractivity contribution in [2.24, 2.45) is 0 Å². The highest BCUT2D eigenvalue weighted by Gasteiger charge is 2.60. The molecule has 0 spiro atoms. The van der Waals surface area contributed by atoms with Crippen molar-refractivity contribution in [2.45, 2.75) is 102 Å². The highest BCUT2D eigenvalue weighted by atomic mass is 28.5. The van der Waals surface area contributed by atoms with Gasteiger partial charge in [-0.15, -0.1) is 0 Å². The monoisotopic (exact) mass is 495 g/mol. The number of H-pyrrole nitrogens is 1. The Morgan fingerprint density at radius 1 is 1.00 bits per heavy atom. The molecule has 0 radical (unpaired) electrons. The van der Waals surface area contributed by atoms with Crippen LogP contribution in [0.2, 0.25) is 22.2 Å². The third-order valence-electron chi connectivity index (χ3n) is 6.93. The molecule has 2 saturated heterocycles. The minimum atomic E-state index is -2.78. The summed E-state index contributed by atoms with van der Waals surface area (Å²) in [7, 11) is -5.46. The molecule has 0 saturated carbocycles. The summed E-state index contributed by atoms with van der Waals surface area (Å²) in [5.41, 5.74) is -0.639. The summed E-state index contributed by atoms with van der Waals surface area (Å²) in [5.74, 6) is 0. The van der Waals surface area contributed by atoms with Gasteiger partial charge in [-0.05, 0) is 22.2 Å². The van der Waals surface area contributed by atoms with Crippen LogP contribution in [0.1, 0.15) is 73.6 Å². The Morgan fingerprint density at radius 3 is 2.09 bits per heavy atom. The highest BCUT2D eigenvalue weighted by molar-refractivity contribution is 6.83.